The Morgan fingerprint density at radius 2 is 1.75 bits per heavy atom. The predicted molar refractivity (Wildman–Crippen MR) is 106 cm³/mol. The molecule has 4 rings (SSSR count). The second-order valence-electron chi connectivity index (χ2n) is 7.35. The van der Waals surface area contributed by atoms with Crippen LogP contribution in [0.15, 0.2) is 42.7 Å². The van der Waals surface area contributed by atoms with Crippen molar-refractivity contribution in [2.24, 2.45) is 0 Å². The summed E-state index contributed by atoms with van der Waals surface area (Å²) >= 11 is 0. The summed E-state index contributed by atoms with van der Waals surface area (Å²) in [6, 6.07) is 9.75. The van der Waals surface area contributed by atoms with Crippen molar-refractivity contribution in [2.45, 2.75) is 25.8 Å². The van der Waals surface area contributed by atoms with Crippen LogP contribution >= 0.6 is 0 Å². The molecule has 7 nitrogen and oxygen atoms in total. The molecule has 0 unspecified atom stereocenters. The zero-order valence-electron chi connectivity index (χ0n) is 16.1. The molecule has 1 atom stereocenters. The lowest BCUT2D eigenvalue weighted by atomic mass is 10.0. The number of hydrogen-bond acceptors (Lipinski definition) is 5. The van der Waals surface area contributed by atoms with Crippen molar-refractivity contribution in [3.63, 3.8) is 0 Å². The lowest BCUT2D eigenvalue weighted by molar-refractivity contribution is -0.126. The highest BCUT2D eigenvalue weighted by Crippen LogP contribution is 2.24. The van der Waals surface area contributed by atoms with E-state index in [1.807, 2.05) is 42.2 Å². The van der Waals surface area contributed by atoms with E-state index in [0.29, 0.717) is 31.9 Å². The Bertz CT molecular complexity index is 832. The number of hydrogen-bond donors (Lipinski definition) is 0. The molecule has 2 saturated heterocycles. The van der Waals surface area contributed by atoms with Gasteiger partial charge in [-0.1, -0.05) is 18.2 Å². The van der Waals surface area contributed by atoms with Crippen molar-refractivity contribution in [3.05, 3.63) is 54.1 Å². The van der Waals surface area contributed by atoms with Gasteiger partial charge in [-0.25, -0.2) is 4.98 Å². The van der Waals surface area contributed by atoms with Gasteiger partial charge in [0.1, 0.15) is 5.69 Å². The Morgan fingerprint density at radius 1 is 1.00 bits per heavy atom. The molecule has 0 N–H and O–H groups in total. The fourth-order valence-corrected chi connectivity index (χ4v) is 3.96. The molecule has 2 aromatic rings. The number of anilines is 1. The number of rotatable bonds is 3. The van der Waals surface area contributed by atoms with Crippen molar-refractivity contribution in [1.82, 2.24) is 19.8 Å². The first-order valence-corrected chi connectivity index (χ1v) is 9.82. The third-order valence-corrected chi connectivity index (χ3v) is 5.52. The highest BCUT2D eigenvalue weighted by Gasteiger charge is 2.36. The van der Waals surface area contributed by atoms with Crippen LogP contribution in [0.25, 0.3) is 0 Å². The molecule has 7 heteroatoms. The van der Waals surface area contributed by atoms with Crippen LogP contribution in [0, 0.1) is 6.92 Å². The van der Waals surface area contributed by atoms with E-state index in [0.717, 1.165) is 30.8 Å². The minimum Gasteiger partial charge on any atom is -0.335 e. The number of piperazine rings is 1. The second kappa shape index (κ2) is 8.06. The summed E-state index contributed by atoms with van der Waals surface area (Å²) in [5, 5.41) is 0. The largest absolute Gasteiger partial charge is 0.335 e. The number of carbonyl (C=O) groups is 2. The molecule has 0 spiro atoms. The first-order valence-electron chi connectivity index (χ1n) is 9.82. The zero-order chi connectivity index (χ0) is 19.5. The zero-order valence-corrected chi connectivity index (χ0v) is 16.1. The van der Waals surface area contributed by atoms with Crippen molar-refractivity contribution in [1.29, 1.82) is 0 Å². The van der Waals surface area contributed by atoms with Gasteiger partial charge in [0, 0.05) is 44.6 Å². The molecular weight excluding hydrogens is 354 g/mol. The minimum absolute atomic E-state index is 0.0898. The fourth-order valence-electron chi connectivity index (χ4n) is 3.96. The van der Waals surface area contributed by atoms with E-state index in [1.165, 1.54) is 6.20 Å². The number of para-hydroxylation sites is 1. The van der Waals surface area contributed by atoms with Crippen LogP contribution in [-0.2, 0) is 4.79 Å². The molecule has 0 bridgehead atoms. The van der Waals surface area contributed by atoms with Gasteiger partial charge in [-0.05, 0) is 31.9 Å². The van der Waals surface area contributed by atoms with Crippen LogP contribution in [-0.4, -0.2) is 70.3 Å². The van der Waals surface area contributed by atoms with Crippen molar-refractivity contribution in [2.75, 3.05) is 37.6 Å². The average Bonchev–Trinajstić information content (AvgIpc) is 2.75. The molecule has 3 heterocycles. The van der Waals surface area contributed by atoms with E-state index in [4.69, 9.17) is 0 Å². The van der Waals surface area contributed by atoms with Gasteiger partial charge >= 0.3 is 0 Å². The average molecular weight is 379 g/mol. The van der Waals surface area contributed by atoms with Gasteiger partial charge in [-0.2, -0.15) is 0 Å². The third-order valence-electron chi connectivity index (χ3n) is 5.52. The van der Waals surface area contributed by atoms with Crippen LogP contribution in [0.5, 0.6) is 0 Å². The molecule has 0 radical (unpaired) electrons. The Labute approximate surface area is 165 Å². The summed E-state index contributed by atoms with van der Waals surface area (Å²) in [5.41, 5.74) is 2.13. The van der Waals surface area contributed by atoms with Crippen molar-refractivity contribution in [3.8, 4) is 0 Å². The van der Waals surface area contributed by atoms with Crippen LogP contribution in [0.1, 0.15) is 29.0 Å². The Morgan fingerprint density at radius 3 is 2.43 bits per heavy atom. The Balaban J connectivity index is 1.38. The van der Waals surface area contributed by atoms with Gasteiger partial charge < -0.3 is 9.80 Å². The van der Waals surface area contributed by atoms with Crippen LogP contribution in [0.2, 0.25) is 0 Å². The molecule has 2 amide bonds. The summed E-state index contributed by atoms with van der Waals surface area (Å²) in [4.78, 5) is 40.0. The van der Waals surface area contributed by atoms with Gasteiger partial charge in [0.25, 0.3) is 5.91 Å². The monoisotopic (exact) mass is 379 g/mol. The molecule has 2 aliphatic heterocycles. The van der Waals surface area contributed by atoms with Crippen LogP contribution < -0.4 is 4.90 Å². The van der Waals surface area contributed by atoms with Crippen molar-refractivity contribution < 1.29 is 9.59 Å². The number of amides is 2. The Kier molecular flexibility index (Phi) is 5.34. The summed E-state index contributed by atoms with van der Waals surface area (Å²) in [5.74, 6) is 0.0784. The molecule has 0 saturated carbocycles. The van der Waals surface area contributed by atoms with E-state index in [9.17, 15) is 9.59 Å². The van der Waals surface area contributed by atoms with E-state index in [-0.39, 0.29) is 17.9 Å². The summed E-state index contributed by atoms with van der Waals surface area (Å²) < 4.78 is 0. The van der Waals surface area contributed by atoms with Gasteiger partial charge in [-0.15, -0.1) is 0 Å². The molecule has 1 aromatic carbocycles. The molecule has 0 aliphatic carbocycles. The van der Waals surface area contributed by atoms with Gasteiger partial charge in [0.15, 0.2) is 0 Å². The van der Waals surface area contributed by atoms with E-state index < -0.39 is 0 Å². The lowest BCUT2D eigenvalue weighted by Gasteiger charge is -2.42. The second-order valence-corrected chi connectivity index (χ2v) is 7.35. The molecule has 146 valence electrons. The van der Waals surface area contributed by atoms with E-state index in [2.05, 4.69) is 14.9 Å². The molecular formula is C21H25N5O2. The first-order chi connectivity index (χ1) is 13.6. The normalized spacial score (nSPS) is 21.0. The van der Waals surface area contributed by atoms with Gasteiger partial charge in [0.2, 0.25) is 5.91 Å². The summed E-state index contributed by atoms with van der Waals surface area (Å²) in [7, 11) is 0. The topological polar surface area (TPSA) is 69.6 Å². The molecule has 2 fully saturated rings. The minimum atomic E-state index is -0.106. The standard InChI is InChI=1S/C21H25N5O2/c1-16-14-23-18(15-22-16)20(27)25-12-10-24(11-13-25)19-8-5-9-26(21(19)28)17-6-3-2-4-7-17/h2-4,6-7,14-15,19H,5,8-13H2,1H3/t19-/m0/s1. The maximum Gasteiger partial charge on any atom is 0.274 e. The first kappa shape index (κ1) is 18.6. The number of aryl methyl sites for hydroxylation is 1. The molecule has 28 heavy (non-hydrogen) atoms. The number of nitrogens with zero attached hydrogens (tertiary/aromatic N) is 5. The van der Waals surface area contributed by atoms with Crippen LogP contribution in [0.4, 0.5) is 5.69 Å². The smallest absolute Gasteiger partial charge is 0.274 e. The maximum atomic E-state index is 13.1. The highest BCUT2D eigenvalue weighted by molar-refractivity contribution is 5.98. The number of aromatic nitrogens is 2. The molecule has 2 aliphatic rings. The third kappa shape index (κ3) is 3.75. The van der Waals surface area contributed by atoms with E-state index in [1.54, 1.807) is 11.1 Å². The SMILES string of the molecule is Cc1cnc(C(=O)N2CCN([C@H]3CCCN(c4ccccc4)C3=O)CC2)cn1. The summed E-state index contributed by atoms with van der Waals surface area (Å²) in [6.45, 7) is 5.21. The van der Waals surface area contributed by atoms with E-state index >= 15 is 0 Å². The predicted octanol–water partition coefficient (Wildman–Crippen LogP) is 1.74. The lowest BCUT2D eigenvalue weighted by Crippen LogP contribution is -2.58. The number of carbonyl (C=O) groups excluding carboxylic acids is 2. The summed E-state index contributed by atoms with van der Waals surface area (Å²) in [6.07, 6.45) is 5.01. The quantitative estimate of drug-likeness (QED) is 0.813. The van der Waals surface area contributed by atoms with Gasteiger partial charge in [0.05, 0.1) is 17.9 Å². The molecule has 1 aromatic heterocycles. The Hall–Kier alpha value is -2.80. The number of piperidine rings is 1. The fraction of sp³-hybridized carbons (Fsp3) is 0.429. The maximum absolute atomic E-state index is 13.1. The van der Waals surface area contributed by atoms with Crippen molar-refractivity contribution >= 4 is 17.5 Å². The van der Waals surface area contributed by atoms with Crippen LogP contribution in [0.3, 0.4) is 0 Å². The number of benzene rings is 1. The highest BCUT2D eigenvalue weighted by atomic mass is 16.2. The van der Waals surface area contributed by atoms with Gasteiger partial charge in [-0.3, -0.25) is 19.5 Å².